The molecule has 0 saturated carbocycles. The van der Waals surface area contributed by atoms with Crippen LogP contribution in [0.25, 0.3) is 0 Å². The molecule has 1 unspecified atom stereocenters. The second-order valence-electron chi connectivity index (χ2n) is 6.91. The third-order valence-corrected chi connectivity index (χ3v) is 5.35. The van der Waals surface area contributed by atoms with E-state index >= 15 is 0 Å². The maximum Gasteiger partial charge on any atom is 0.224 e. The van der Waals surface area contributed by atoms with Gasteiger partial charge in [-0.25, -0.2) is 0 Å². The summed E-state index contributed by atoms with van der Waals surface area (Å²) in [7, 11) is 0. The van der Waals surface area contributed by atoms with Crippen molar-refractivity contribution in [2.75, 3.05) is 26.2 Å². The molecule has 2 heterocycles. The summed E-state index contributed by atoms with van der Waals surface area (Å²) in [5.74, 6) is 0.912. The molecule has 2 amide bonds. The number of rotatable bonds is 5. The van der Waals surface area contributed by atoms with E-state index in [0.29, 0.717) is 25.3 Å². The summed E-state index contributed by atoms with van der Waals surface area (Å²) in [4.78, 5) is 28.0. The van der Waals surface area contributed by atoms with Crippen molar-refractivity contribution < 1.29 is 9.59 Å². The third kappa shape index (κ3) is 4.50. The van der Waals surface area contributed by atoms with Crippen LogP contribution in [0.1, 0.15) is 37.7 Å². The Balaban J connectivity index is 1.43. The van der Waals surface area contributed by atoms with E-state index < -0.39 is 0 Å². The number of hydrogen-bond acceptors (Lipinski definition) is 2. The quantitative estimate of drug-likeness (QED) is 0.820. The Kier molecular flexibility index (Phi) is 5.77. The van der Waals surface area contributed by atoms with Gasteiger partial charge in [0.15, 0.2) is 0 Å². The summed E-state index contributed by atoms with van der Waals surface area (Å²) in [6.07, 6.45) is 5.19. The lowest BCUT2D eigenvalue weighted by Crippen LogP contribution is -2.39. The zero-order valence-electron chi connectivity index (χ0n) is 14.0. The van der Waals surface area contributed by atoms with E-state index in [2.05, 4.69) is 12.1 Å². The third-order valence-electron chi connectivity index (χ3n) is 5.09. The van der Waals surface area contributed by atoms with Crippen LogP contribution in [0.2, 0.25) is 5.02 Å². The van der Waals surface area contributed by atoms with Crippen LogP contribution in [0.4, 0.5) is 0 Å². The van der Waals surface area contributed by atoms with Crippen LogP contribution in [0.5, 0.6) is 0 Å². The van der Waals surface area contributed by atoms with Crippen molar-refractivity contribution in [3.63, 3.8) is 0 Å². The molecule has 2 aliphatic heterocycles. The van der Waals surface area contributed by atoms with Gasteiger partial charge in [0.2, 0.25) is 11.8 Å². The van der Waals surface area contributed by atoms with Crippen molar-refractivity contribution in [1.29, 1.82) is 0 Å². The molecule has 0 aliphatic carbocycles. The molecule has 0 radical (unpaired) electrons. The van der Waals surface area contributed by atoms with Gasteiger partial charge in [0.25, 0.3) is 0 Å². The van der Waals surface area contributed by atoms with Crippen molar-refractivity contribution in [1.82, 2.24) is 9.80 Å². The van der Waals surface area contributed by atoms with Crippen molar-refractivity contribution in [3.8, 4) is 0 Å². The summed E-state index contributed by atoms with van der Waals surface area (Å²) in [5, 5.41) is 0.759. The summed E-state index contributed by atoms with van der Waals surface area (Å²) >= 11 is 5.92. The smallest absolute Gasteiger partial charge is 0.224 e. The molecule has 0 aromatic heterocycles. The number of benzene rings is 1. The van der Waals surface area contributed by atoms with Crippen LogP contribution in [-0.2, 0) is 16.0 Å². The SMILES string of the molecule is O=C1CCCCN1CCC(=O)N1CCC(Cc2ccc(Cl)cc2)C1. The van der Waals surface area contributed by atoms with Crippen LogP contribution in [-0.4, -0.2) is 47.8 Å². The van der Waals surface area contributed by atoms with Crippen molar-refractivity contribution in [2.45, 2.75) is 38.5 Å². The highest BCUT2D eigenvalue weighted by molar-refractivity contribution is 6.30. The van der Waals surface area contributed by atoms with Crippen LogP contribution in [0.15, 0.2) is 24.3 Å². The minimum absolute atomic E-state index is 0.187. The first-order chi connectivity index (χ1) is 11.6. The number of likely N-dealkylation sites (tertiary alicyclic amines) is 2. The molecule has 5 heteroatoms. The number of hydrogen-bond donors (Lipinski definition) is 0. The second-order valence-corrected chi connectivity index (χ2v) is 7.35. The zero-order chi connectivity index (χ0) is 16.9. The standard InChI is InChI=1S/C19H25ClN2O2/c20-17-6-4-15(5-7-17)13-16-8-11-22(14-16)19(24)9-12-21-10-2-1-3-18(21)23/h4-7,16H,1-3,8-14H2. The molecule has 2 saturated heterocycles. The predicted octanol–water partition coefficient (Wildman–Crippen LogP) is 3.13. The lowest BCUT2D eigenvalue weighted by atomic mass is 9.99. The summed E-state index contributed by atoms with van der Waals surface area (Å²) in [5.41, 5.74) is 1.28. The van der Waals surface area contributed by atoms with Gasteiger partial charge in [-0.2, -0.15) is 0 Å². The Hall–Kier alpha value is -1.55. The van der Waals surface area contributed by atoms with Gasteiger partial charge in [-0.05, 0) is 49.3 Å². The van der Waals surface area contributed by atoms with Gasteiger partial charge in [-0.3, -0.25) is 9.59 Å². The second kappa shape index (κ2) is 8.02. The first kappa shape index (κ1) is 17.3. The van der Waals surface area contributed by atoms with Gasteiger partial charge in [-0.15, -0.1) is 0 Å². The molecule has 0 bridgehead atoms. The van der Waals surface area contributed by atoms with Crippen molar-refractivity contribution in [2.24, 2.45) is 5.92 Å². The Morgan fingerprint density at radius 1 is 1.17 bits per heavy atom. The molecule has 1 aromatic rings. The highest BCUT2D eigenvalue weighted by atomic mass is 35.5. The van der Waals surface area contributed by atoms with Gasteiger partial charge in [0.1, 0.15) is 0 Å². The topological polar surface area (TPSA) is 40.6 Å². The average molecular weight is 349 g/mol. The van der Waals surface area contributed by atoms with E-state index in [1.807, 2.05) is 21.9 Å². The first-order valence-electron chi connectivity index (χ1n) is 8.92. The van der Waals surface area contributed by atoms with Gasteiger partial charge in [-0.1, -0.05) is 23.7 Å². The highest BCUT2D eigenvalue weighted by Gasteiger charge is 2.27. The number of amides is 2. The summed E-state index contributed by atoms with van der Waals surface area (Å²) in [6.45, 7) is 3.06. The van der Waals surface area contributed by atoms with Crippen LogP contribution >= 0.6 is 11.6 Å². The highest BCUT2D eigenvalue weighted by Crippen LogP contribution is 2.22. The Morgan fingerprint density at radius 2 is 1.96 bits per heavy atom. The molecule has 1 aromatic carbocycles. The first-order valence-corrected chi connectivity index (χ1v) is 9.29. The monoisotopic (exact) mass is 348 g/mol. The summed E-state index contributed by atoms with van der Waals surface area (Å²) in [6, 6.07) is 7.97. The lowest BCUT2D eigenvalue weighted by molar-refractivity contribution is -0.135. The van der Waals surface area contributed by atoms with E-state index in [4.69, 9.17) is 11.6 Å². The zero-order valence-corrected chi connectivity index (χ0v) is 14.8. The Morgan fingerprint density at radius 3 is 2.71 bits per heavy atom. The van der Waals surface area contributed by atoms with Gasteiger partial charge in [0.05, 0.1) is 0 Å². The van der Waals surface area contributed by atoms with E-state index in [1.165, 1.54) is 5.56 Å². The fourth-order valence-electron chi connectivity index (χ4n) is 3.67. The lowest BCUT2D eigenvalue weighted by Gasteiger charge is -2.27. The van der Waals surface area contributed by atoms with E-state index in [1.54, 1.807) is 0 Å². The molecule has 2 fully saturated rings. The molecule has 2 aliphatic rings. The molecular weight excluding hydrogens is 324 g/mol. The molecule has 0 spiro atoms. The van der Waals surface area contributed by atoms with Gasteiger partial charge >= 0.3 is 0 Å². The minimum Gasteiger partial charge on any atom is -0.342 e. The van der Waals surface area contributed by atoms with Crippen LogP contribution < -0.4 is 0 Å². The van der Waals surface area contributed by atoms with Gasteiger partial charge < -0.3 is 9.80 Å². The number of carbonyl (C=O) groups is 2. The molecule has 1 atom stereocenters. The molecule has 0 N–H and O–H groups in total. The average Bonchev–Trinajstić information content (AvgIpc) is 3.05. The van der Waals surface area contributed by atoms with Crippen molar-refractivity contribution >= 4 is 23.4 Å². The maximum absolute atomic E-state index is 12.4. The maximum atomic E-state index is 12.4. The van der Waals surface area contributed by atoms with Crippen LogP contribution in [0.3, 0.4) is 0 Å². The van der Waals surface area contributed by atoms with E-state index in [-0.39, 0.29) is 11.8 Å². The molecule has 130 valence electrons. The number of piperidine rings is 1. The number of halogens is 1. The minimum atomic E-state index is 0.187. The molecule has 24 heavy (non-hydrogen) atoms. The van der Waals surface area contributed by atoms with Crippen molar-refractivity contribution in [3.05, 3.63) is 34.9 Å². The number of carbonyl (C=O) groups excluding carboxylic acids is 2. The predicted molar refractivity (Wildman–Crippen MR) is 94.9 cm³/mol. The van der Waals surface area contributed by atoms with Crippen LogP contribution in [0, 0.1) is 5.92 Å². The summed E-state index contributed by atoms with van der Waals surface area (Å²) < 4.78 is 0. The Labute approximate surface area is 148 Å². The largest absolute Gasteiger partial charge is 0.342 e. The molecule has 4 nitrogen and oxygen atoms in total. The van der Waals surface area contributed by atoms with E-state index in [9.17, 15) is 9.59 Å². The molecular formula is C19H25ClN2O2. The fraction of sp³-hybridized carbons (Fsp3) is 0.579. The fourth-order valence-corrected chi connectivity index (χ4v) is 3.79. The van der Waals surface area contributed by atoms with E-state index in [0.717, 1.165) is 50.3 Å². The number of nitrogens with zero attached hydrogens (tertiary/aromatic N) is 2. The normalized spacial score (nSPS) is 21.4. The Bertz CT molecular complexity index is 588. The molecule has 3 rings (SSSR count). The van der Waals surface area contributed by atoms with Gasteiger partial charge in [0, 0.05) is 44.0 Å².